The van der Waals surface area contributed by atoms with Crippen molar-refractivity contribution in [3.63, 3.8) is 0 Å². The third-order valence-electron chi connectivity index (χ3n) is 3.34. The average molecular weight is 278 g/mol. The quantitative estimate of drug-likeness (QED) is 0.774. The summed E-state index contributed by atoms with van der Waals surface area (Å²) in [5.74, 6) is 0. The number of amides is 2. The molecule has 2 amide bonds. The van der Waals surface area contributed by atoms with Gasteiger partial charge in [0.25, 0.3) is 0 Å². The summed E-state index contributed by atoms with van der Waals surface area (Å²) in [7, 11) is 0. The van der Waals surface area contributed by atoms with Crippen LogP contribution >= 0.6 is 0 Å². The minimum Gasteiger partial charge on any atom is -0.393 e. The minimum absolute atomic E-state index is 0.130. The number of carbonyl (C=O) groups is 1. The van der Waals surface area contributed by atoms with E-state index in [2.05, 4.69) is 10.6 Å². The second kappa shape index (κ2) is 6.75. The molecular weight excluding hydrogens is 252 g/mol. The fraction of sp³-hybridized carbons (Fsp3) is 0.562. The summed E-state index contributed by atoms with van der Waals surface area (Å²) in [6, 6.07) is 5.62. The maximum absolute atomic E-state index is 11.9. The van der Waals surface area contributed by atoms with Gasteiger partial charge in [0.2, 0.25) is 0 Å². The van der Waals surface area contributed by atoms with Crippen molar-refractivity contribution in [1.29, 1.82) is 0 Å². The molecule has 4 nitrogen and oxygen atoms in total. The summed E-state index contributed by atoms with van der Waals surface area (Å²) in [5, 5.41) is 15.1. The Morgan fingerprint density at radius 3 is 2.50 bits per heavy atom. The summed E-state index contributed by atoms with van der Waals surface area (Å²) < 4.78 is 0. The highest BCUT2D eigenvalue weighted by Gasteiger charge is 2.21. The molecule has 0 radical (unpaired) electrons. The summed E-state index contributed by atoms with van der Waals surface area (Å²) in [6.45, 7) is 10.4. The minimum atomic E-state index is -0.366. The zero-order chi connectivity index (χ0) is 15.3. The van der Waals surface area contributed by atoms with E-state index in [9.17, 15) is 9.90 Å². The monoisotopic (exact) mass is 278 g/mol. The van der Waals surface area contributed by atoms with Gasteiger partial charge in [0, 0.05) is 12.2 Å². The van der Waals surface area contributed by atoms with Gasteiger partial charge in [0.1, 0.15) is 0 Å². The molecule has 1 unspecified atom stereocenters. The summed E-state index contributed by atoms with van der Waals surface area (Å²) in [6.07, 6.45) is 0.284. The lowest BCUT2D eigenvalue weighted by Gasteiger charge is -2.26. The normalized spacial score (nSPS) is 12.9. The molecule has 20 heavy (non-hydrogen) atoms. The van der Waals surface area contributed by atoms with E-state index >= 15 is 0 Å². The molecule has 0 aliphatic carbocycles. The molecule has 4 heteroatoms. The Bertz CT molecular complexity index is 468. The van der Waals surface area contributed by atoms with Crippen LogP contribution in [0.4, 0.5) is 10.5 Å². The van der Waals surface area contributed by atoms with Crippen LogP contribution in [0.3, 0.4) is 0 Å². The number of aryl methyl sites for hydroxylation is 2. The average Bonchev–Trinajstić information content (AvgIpc) is 2.30. The van der Waals surface area contributed by atoms with Gasteiger partial charge in [-0.1, -0.05) is 19.9 Å². The van der Waals surface area contributed by atoms with Gasteiger partial charge in [-0.15, -0.1) is 0 Å². The maximum atomic E-state index is 11.9. The molecule has 112 valence electrons. The highest BCUT2D eigenvalue weighted by molar-refractivity contribution is 5.89. The summed E-state index contributed by atoms with van der Waals surface area (Å²) in [4.78, 5) is 11.9. The van der Waals surface area contributed by atoms with Crippen LogP contribution in [0.1, 0.15) is 38.3 Å². The number of urea groups is 1. The van der Waals surface area contributed by atoms with Gasteiger partial charge in [-0.25, -0.2) is 4.79 Å². The van der Waals surface area contributed by atoms with Crippen LogP contribution in [-0.4, -0.2) is 23.8 Å². The molecule has 1 rings (SSSR count). The lowest BCUT2D eigenvalue weighted by Crippen LogP contribution is -2.38. The van der Waals surface area contributed by atoms with E-state index in [0.717, 1.165) is 11.3 Å². The largest absolute Gasteiger partial charge is 0.393 e. The third-order valence-corrected chi connectivity index (χ3v) is 3.34. The number of hydrogen-bond acceptors (Lipinski definition) is 2. The van der Waals surface area contributed by atoms with Crippen molar-refractivity contribution in [2.24, 2.45) is 5.41 Å². The molecule has 0 saturated carbocycles. The number of hydrogen-bond donors (Lipinski definition) is 3. The number of aliphatic hydroxyl groups excluding tert-OH is 1. The molecule has 1 atom stereocenters. The van der Waals surface area contributed by atoms with E-state index in [1.54, 1.807) is 6.92 Å². The number of aliphatic hydroxyl groups is 1. The Morgan fingerprint density at radius 1 is 1.30 bits per heavy atom. The van der Waals surface area contributed by atoms with Gasteiger partial charge >= 0.3 is 6.03 Å². The fourth-order valence-electron chi connectivity index (χ4n) is 2.19. The van der Waals surface area contributed by atoms with E-state index in [1.807, 2.05) is 45.9 Å². The number of carbonyl (C=O) groups excluding carboxylic acids is 1. The van der Waals surface area contributed by atoms with E-state index in [1.165, 1.54) is 5.56 Å². The van der Waals surface area contributed by atoms with E-state index in [-0.39, 0.29) is 17.6 Å². The maximum Gasteiger partial charge on any atom is 0.319 e. The molecule has 3 N–H and O–H groups in total. The Hall–Kier alpha value is -1.55. The molecule has 1 aromatic rings. The van der Waals surface area contributed by atoms with Crippen molar-refractivity contribution in [2.45, 2.75) is 47.1 Å². The summed E-state index contributed by atoms with van der Waals surface area (Å²) >= 11 is 0. The topological polar surface area (TPSA) is 61.4 Å². The van der Waals surface area contributed by atoms with Crippen LogP contribution < -0.4 is 10.6 Å². The van der Waals surface area contributed by atoms with Gasteiger partial charge in [-0.3, -0.25) is 0 Å². The standard InChI is InChI=1S/C16H26N2O2/c1-11-6-7-14(8-12(11)2)18-15(20)17-10-16(4,5)9-13(3)19/h6-8,13,19H,9-10H2,1-5H3,(H2,17,18,20). The van der Waals surface area contributed by atoms with E-state index in [0.29, 0.717) is 13.0 Å². The Kier molecular flexibility index (Phi) is 5.57. The third kappa shape index (κ3) is 5.61. The SMILES string of the molecule is Cc1ccc(NC(=O)NCC(C)(C)CC(C)O)cc1C. The van der Waals surface area contributed by atoms with Crippen molar-refractivity contribution in [1.82, 2.24) is 5.32 Å². The number of benzene rings is 1. The number of rotatable bonds is 5. The Labute approximate surface area is 121 Å². The van der Waals surface area contributed by atoms with Gasteiger partial charge in [-0.05, 0) is 55.9 Å². The van der Waals surface area contributed by atoms with E-state index in [4.69, 9.17) is 0 Å². The lowest BCUT2D eigenvalue weighted by molar-refractivity contribution is 0.129. The first kappa shape index (κ1) is 16.5. The second-order valence-electron chi connectivity index (χ2n) is 6.32. The molecule has 0 bridgehead atoms. The second-order valence-corrected chi connectivity index (χ2v) is 6.32. The van der Waals surface area contributed by atoms with Crippen LogP contribution in [0.5, 0.6) is 0 Å². The first-order valence-corrected chi connectivity index (χ1v) is 7.00. The van der Waals surface area contributed by atoms with Crippen LogP contribution in [-0.2, 0) is 0 Å². The van der Waals surface area contributed by atoms with Gasteiger partial charge in [0.15, 0.2) is 0 Å². The zero-order valence-electron chi connectivity index (χ0n) is 13.1. The van der Waals surface area contributed by atoms with Crippen LogP contribution in [0.15, 0.2) is 18.2 Å². The van der Waals surface area contributed by atoms with Crippen molar-refractivity contribution in [2.75, 3.05) is 11.9 Å². The van der Waals surface area contributed by atoms with E-state index < -0.39 is 0 Å². The first-order valence-electron chi connectivity index (χ1n) is 7.00. The van der Waals surface area contributed by atoms with Crippen molar-refractivity contribution >= 4 is 11.7 Å². The smallest absolute Gasteiger partial charge is 0.319 e. The fourth-order valence-corrected chi connectivity index (χ4v) is 2.19. The van der Waals surface area contributed by atoms with Crippen LogP contribution in [0.2, 0.25) is 0 Å². The van der Waals surface area contributed by atoms with Crippen molar-refractivity contribution in [3.05, 3.63) is 29.3 Å². The van der Waals surface area contributed by atoms with Gasteiger partial charge < -0.3 is 15.7 Å². The molecule has 0 aromatic heterocycles. The molecule has 1 aromatic carbocycles. The lowest BCUT2D eigenvalue weighted by atomic mass is 9.87. The summed E-state index contributed by atoms with van der Waals surface area (Å²) in [5.41, 5.74) is 3.01. The van der Waals surface area contributed by atoms with Gasteiger partial charge in [-0.2, -0.15) is 0 Å². The molecular formula is C16H26N2O2. The number of anilines is 1. The zero-order valence-corrected chi connectivity index (χ0v) is 13.1. The van der Waals surface area contributed by atoms with Gasteiger partial charge in [0.05, 0.1) is 6.10 Å². The molecule has 0 saturated heterocycles. The molecule has 0 aliphatic heterocycles. The molecule has 0 fully saturated rings. The number of nitrogens with one attached hydrogen (secondary N) is 2. The van der Waals surface area contributed by atoms with Crippen molar-refractivity contribution in [3.8, 4) is 0 Å². The highest BCUT2D eigenvalue weighted by Crippen LogP contribution is 2.21. The predicted octanol–water partition coefficient (Wildman–Crippen LogP) is 3.22. The van der Waals surface area contributed by atoms with Crippen LogP contribution in [0, 0.1) is 19.3 Å². The highest BCUT2D eigenvalue weighted by atomic mass is 16.3. The van der Waals surface area contributed by atoms with Crippen molar-refractivity contribution < 1.29 is 9.90 Å². The first-order chi connectivity index (χ1) is 9.19. The molecule has 0 spiro atoms. The molecule has 0 aliphatic rings. The van der Waals surface area contributed by atoms with Crippen LogP contribution in [0.25, 0.3) is 0 Å². The Morgan fingerprint density at radius 2 is 1.95 bits per heavy atom. The molecule has 0 heterocycles. The Balaban J connectivity index is 2.49. The predicted molar refractivity (Wildman–Crippen MR) is 83.0 cm³/mol.